The third kappa shape index (κ3) is 4.56. The Labute approximate surface area is 197 Å². The fourth-order valence-electron chi connectivity index (χ4n) is 3.85. The molecule has 0 aliphatic heterocycles. The summed E-state index contributed by atoms with van der Waals surface area (Å²) in [6.07, 6.45) is 6.65. The number of sulfone groups is 1. The molecule has 2 aromatic heterocycles. The monoisotopic (exact) mass is 476 g/mol. The normalized spacial score (nSPS) is 16.6. The van der Waals surface area contributed by atoms with Crippen molar-refractivity contribution in [1.29, 1.82) is 5.26 Å². The number of carbonyl (C=O) groups excluding carboxylic acids is 1. The molecular weight excluding hydrogens is 452 g/mol. The van der Waals surface area contributed by atoms with E-state index in [2.05, 4.69) is 20.4 Å². The molecule has 2 aliphatic rings. The minimum atomic E-state index is -3.45. The average molecular weight is 477 g/mol. The Bertz CT molecular complexity index is 1410. The molecule has 9 nitrogen and oxygen atoms in total. The molecule has 1 atom stereocenters. The van der Waals surface area contributed by atoms with E-state index in [1.165, 1.54) is 12.3 Å². The van der Waals surface area contributed by atoms with E-state index in [1.54, 1.807) is 35.9 Å². The van der Waals surface area contributed by atoms with Gasteiger partial charge in [-0.2, -0.15) is 9.94 Å². The summed E-state index contributed by atoms with van der Waals surface area (Å²) >= 11 is 0. The zero-order chi connectivity index (χ0) is 24.0. The molecule has 1 amide bonds. The second-order valence-electron chi connectivity index (χ2n) is 9.06. The van der Waals surface area contributed by atoms with Crippen LogP contribution in [0.2, 0.25) is 0 Å². The van der Waals surface area contributed by atoms with Crippen LogP contribution in [0.4, 0.5) is 0 Å². The molecule has 0 unspecified atom stereocenters. The quantitative estimate of drug-likeness (QED) is 0.554. The van der Waals surface area contributed by atoms with Crippen molar-refractivity contribution in [3.8, 4) is 11.9 Å². The van der Waals surface area contributed by atoms with Crippen LogP contribution >= 0.6 is 0 Å². The fourth-order valence-corrected chi connectivity index (χ4v) is 4.54. The molecule has 5 rings (SSSR count). The Morgan fingerprint density at radius 3 is 2.50 bits per heavy atom. The van der Waals surface area contributed by atoms with Crippen LogP contribution in [0.15, 0.2) is 41.4 Å². The van der Waals surface area contributed by atoms with Gasteiger partial charge in [0, 0.05) is 23.9 Å². The third-order valence-electron chi connectivity index (χ3n) is 6.09. The van der Waals surface area contributed by atoms with Crippen molar-refractivity contribution < 1.29 is 13.2 Å². The number of rotatable bonds is 7. The molecule has 0 spiro atoms. The topological polar surface area (TPSA) is 131 Å². The summed E-state index contributed by atoms with van der Waals surface area (Å²) < 4.78 is 26.0. The summed E-state index contributed by atoms with van der Waals surface area (Å²) in [6, 6.07) is 9.74. The van der Waals surface area contributed by atoms with E-state index in [0.29, 0.717) is 40.4 Å². The Morgan fingerprint density at radius 1 is 1.18 bits per heavy atom. The van der Waals surface area contributed by atoms with Crippen LogP contribution in [0.25, 0.3) is 5.82 Å². The molecule has 1 N–H and O–H groups in total. The minimum absolute atomic E-state index is 0.149. The van der Waals surface area contributed by atoms with Gasteiger partial charge in [-0.05, 0) is 74.4 Å². The Morgan fingerprint density at radius 2 is 1.91 bits per heavy atom. The Hall–Kier alpha value is -3.58. The molecule has 174 valence electrons. The summed E-state index contributed by atoms with van der Waals surface area (Å²) in [5.41, 5.74) is 1.62. The molecule has 3 aromatic rings. The van der Waals surface area contributed by atoms with E-state index < -0.39 is 15.9 Å². The first kappa shape index (κ1) is 22.2. The molecule has 34 heavy (non-hydrogen) atoms. The predicted octanol–water partition coefficient (Wildman–Crippen LogP) is 3.18. The van der Waals surface area contributed by atoms with Crippen molar-refractivity contribution in [3.05, 3.63) is 64.9 Å². The highest BCUT2D eigenvalue weighted by Crippen LogP contribution is 2.41. The number of hydrogen-bond donors (Lipinski definition) is 1. The zero-order valence-corrected chi connectivity index (χ0v) is 19.7. The SMILES string of the molecule is C[C@H](NC(=O)c1cc(C2CC2)cc(S(C)(=O)=O)c1)c1nc(C2CC2)nn1-c1ccc(C#N)cn1. The molecule has 10 heteroatoms. The zero-order valence-electron chi connectivity index (χ0n) is 18.9. The van der Waals surface area contributed by atoms with Crippen LogP contribution in [-0.2, 0) is 9.84 Å². The van der Waals surface area contributed by atoms with Gasteiger partial charge < -0.3 is 5.32 Å². The molecule has 1 aromatic carbocycles. The van der Waals surface area contributed by atoms with Gasteiger partial charge >= 0.3 is 0 Å². The number of nitrogens with zero attached hydrogens (tertiary/aromatic N) is 5. The molecular formula is C24H24N6O3S. The first-order valence-electron chi connectivity index (χ1n) is 11.2. The van der Waals surface area contributed by atoms with E-state index in [4.69, 9.17) is 5.26 Å². The van der Waals surface area contributed by atoms with E-state index in [9.17, 15) is 13.2 Å². The first-order chi connectivity index (χ1) is 16.2. The van der Waals surface area contributed by atoms with Gasteiger partial charge in [-0.1, -0.05) is 0 Å². The number of pyridine rings is 1. The van der Waals surface area contributed by atoms with Crippen LogP contribution in [0, 0.1) is 11.3 Å². The number of amides is 1. The standard InChI is InChI=1S/C24H24N6O3S/c1-14(27-24(31)19-9-18(16-4-5-16)10-20(11-19)34(2,32)33)23-28-22(17-6-7-17)29-30(23)21-8-3-15(12-25)13-26-21/h3,8-11,13-14,16-17H,4-7H2,1-2H3,(H,27,31)/t14-/m0/s1. The minimum Gasteiger partial charge on any atom is -0.342 e. The lowest BCUT2D eigenvalue weighted by Crippen LogP contribution is -2.29. The molecule has 2 saturated carbocycles. The van der Waals surface area contributed by atoms with Gasteiger partial charge in [-0.15, -0.1) is 5.10 Å². The van der Waals surface area contributed by atoms with Gasteiger partial charge in [0.1, 0.15) is 6.07 Å². The molecule has 2 fully saturated rings. The summed E-state index contributed by atoms with van der Waals surface area (Å²) in [4.78, 5) is 22.3. The highest BCUT2D eigenvalue weighted by Gasteiger charge is 2.31. The summed E-state index contributed by atoms with van der Waals surface area (Å²) in [5.74, 6) is 1.96. The Kier molecular flexibility index (Phi) is 5.44. The summed E-state index contributed by atoms with van der Waals surface area (Å²) in [7, 11) is -3.45. The highest BCUT2D eigenvalue weighted by molar-refractivity contribution is 7.90. The van der Waals surface area contributed by atoms with Crippen molar-refractivity contribution in [3.63, 3.8) is 0 Å². The number of benzene rings is 1. The second kappa shape index (κ2) is 8.33. The average Bonchev–Trinajstić information content (AvgIpc) is 3.75. The number of nitrogens with one attached hydrogen (secondary N) is 1. The van der Waals surface area contributed by atoms with Gasteiger partial charge in [0.2, 0.25) is 0 Å². The maximum atomic E-state index is 13.2. The van der Waals surface area contributed by atoms with Crippen molar-refractivity contribution >= 4 is 15.7 Å². The molecule has 0 radical (unpaired) electrons. The largest absolute Gasteiger partial charge is 0.342 e. The van der Waals surface area contributed by atoms with Crippen molar-refractivity contribution in [1.82, 2.24) is 25.1 Å². The highest BCUT2D eigenvalue weighted by atomic mass is 32.2. The smallest absolute Gasteiger partial charge is 0.251 e. The first-order valence-corrected chi connectivity index (χ1v) is 13.1. The number of carbonyl (C=O) groups is 1. The predicted molar refractivity (Wildman–Crippen MR) is 123 cm³/mol. The van der Waals surface area contributed by atoms with Gasteiger partial charge in [-0.25, -0.2) is 18.4 Å². The number of aromatic nitrogens is 4. The van der Waals surface area contributed by atoms with E-state index >= 15 is 0 Å². The van der Waals surface area contributed by atoms with Gasteiger partial charge in [-0.3, -0.25) is 4.79 Å². The van der Waals surface area contributed by atoms with E-state index in [1.807, 2.05) is 6.07 Å². The number of hydrogen-bond acceptors (Lipinski definition) is 7. The Balaban J connectivity index is 1.45. The molecule has 0 saturated heterocycles. The van der Waals surface area contributed by atoms with Crippen molar-refractivity contribution in [2.24, 2.45) is 0 Å². The van der Waals surface area contributed by atoms with Crippen LogP contribution in [0.5, 0.6) is 0 Å². The van der Waals surface area contributed by atoms with Gasteiger partial charge in [0.05, 0.1) is 16.5 Å². The van der Waals surface area contributed by atoms with Crippen LogP contribution in [-0.4, -0.2) is 40.3 Å². The third-order valence-corrected chi connectivity index (χ3v) is 7.18. The van der Waals surface area contributed by atoms with Crippen molar-refractivity contribution in [2.75, 3.05) is 6.26 Å². The van der Waals surface area contributed by atoms with Crippen LogP contribution in [0.3, 0.4) is 0 Å². The lowest BCUT2D eigenvalue weighted by molar-refractivity contribution is 0.0937. The lowest BCUT2D eigenvalue weighted by Gasteiger charge is -2.15. The van der Waals surface area contributed by atoms with Gasteiger partial charge in [0.15, 0.2) is 27.3 Å². The van der Waals surface area contributed by atoms with Crippen molar-refractivity contribution in [2.45, 2.75) is 55.4 Å². The van der Waals surface area contributed by atoms with Crippen LogP contribution in [0.1, 0.15) is 83.6 Å². The molecule has 2 heterocycles. The number of nitriles is 1. The van der Waals surface area contributed by atoms with Gasteiger partial charge in [0.25, 0.3) is 5.91 Å². The maximum Gasteiger partial charge on any atom is 0.251 e. The lowest BCUT2D eigenvalue weighted by atomic mass is 10.1. The molecule has 0 bridgehead atoms. The van der Waals surface area contributed by atoms with E-state index in [0.717, 1.165) is 37.5 Å². The van der Waals surface area contributed by atoms with E-state index in [-0.39, 0.29) is 10.8 Å². The molecule has 2 aliphatic carbocycles. The fraction of sp³-hybridized carbons (Fsp3) is 0.375. The summed E-state index contributed by atoms with van der Waals surface area (Å²) in [5, 5.41) is 16.6. The van der Waals surface area contributed by atoms with Crippen LogP contribution < -0.4 is 5.32 Å². The maximum absolute atomic E-state index is 13.2. The summed E-state index contributed by atoms with van der Waals surface area (Å²) in [6.45, 7) is 1.81. The second-order valence-corrected chi connectivity index (χ2v) is 11.1.